The SMILES string of the molecule is CC(c1ccc(C(F)(F)F)cc1)N(C)C(=O)c1cccc(NS(C)(=O)=O)c1. The molecule has 0 radical (unpaired) electrons. The van der Waals surface area contributed by atoms with Gasteiger partial charge in [-0.1, -0.05) is 18.2 Å². The average Bonchev–Trinajstić information content (AvgIpc) is 2.58. The highest BCUT2D eigenvalue weighted by molar-refractivity contribution is 7.92. The number of benzene rings is 2. The predicted molar refractivity (Wildman–Crippen MR) is 96.9 cm³/mol. The normalized spacial score (nSPS) is 13.1. The highest BCUT2D eigenvalue weighted by Gasteiger charge is 2.30. The van der Waals surface area contributed by atoms with Crippen LogP contribution in [0.15, 0.2) is 48.5 Å². The Labute approximate surface area is 155 Å². The Bertz CT molecular complexity index is 926. The summed E-state index contributed by atoms with van der Waals surface area (Å²) in [6, 6.07) is 10.1. The summed E-state index contributed by atoms with van der Waals surface area (Å²) in [6.45, 7) is 1.69. The molecule has 2 rings (SSSR count). The van der Waals surface area contributed by atoms with Crippen molar-refractivity contribution in [2.75, 3.05) is 18.0 Å². The molecule has 0 bridgehead atoms. The van der Waals surface area contributed by atoms with Gasteiger partial charge >= 0.3 is 6.18 Å². The lowest BCUT2D eigenvalue weighted by atomic mass is 10.0. The van der Waals surface area contributed by atoms with E-state index in [-0.39, 0.29) is 17.2 Å². The van der Waals surface area contributed by atoms with Crippen molar-refractivity contribution in [3.05, 3.63) is 65.2 Å². The quantitative estimate of drug-likeness (QED) is 0.828. The second-order valence-electron chi connectivity index (χ2n) is 6.17. The van der Waals surface area contributed by atoms with Crippen LogP contribution in [0.4, 0.5) is 18.9 Å². The van der Waals surface area contributed by atoms with Gasteiger partial charge in [-0.3, -0.25) is 9.52 Å². The fraction of sp³-hybridized carbons (Fsp3) is 0.278. The number of carbonyl (C=O) groups excluding carboxylic acids is 1. The number of carbonyl (C=O) groups is 1. The molecule has 5 nitrogen and oxygen atoms in total. The Morgan fingerprint density at radius 2 is 1.70 bits per heavy atom. The van der Waals surface area contributed by atoms with E-state index in [1.165, 1.54) is 48.3 Å². The van der Waals surface area contributed by atoms with Gasteiger partial charge < -0.3 is 4.90 Å². The Morgan fingerprint density at radius 1 is 1.11 bits per heavy atom. The van der Waals surface area contributed by atoms with Gasteiger partial charge in [0.25, 0.3) is 5.91 Å². The van der Waals surface area contributed by atoms with Gasteiger partial charge in [0.1, 0.15) is 0 Å². The molecule has 146 valence electrons. The Morgan fingerprint density at radius 3 is 2.22 bits per heavy atom. The fourth-order valence-electron chi connectivity index (χ4n) is 2.48. The van der Waals surface area contributed by atoms with Gasteiger partial charge in [-0.2, -0.15) is 13.2 Å². The topological polar surface area (TPSA) is 66.5 Å². The standard InChI is InChI=1S/C18H19F3N2O3S/c1-12(13-7-9-15(10-8-13)18(19,20)21)23(2)17(24)14-5-4-6-16(11-14)22-27(3,25)26/h4-12,22H,1-3H3. The van der Waals surface area contributed by atoms with Crippen molar-refractivity contribution in [3.8, 4) is 0 Å². The minimum absolute atomic E-state index is 0.249. The molecule has 1 unspecified atom stereocenters. The molecule has 0 spiro atoms. The van der Waals surface area contributed by atoms with E-state index < -0.39 is 27.8 Å². The first kappa shape index (κ1) is 20.8. The summed E-state index contributed by atoms with van der Waals surface area (Å²) < 4.78 is 62.9. The third-order valence-corrected chi connectivity index (χ3v) is 4.64. The van der Waals surface area contributed by atoms with Gasteiger partial charge in [-0.25, -0.2) is 8.42 Å². The van der Waals surface area contributed by atoms with Crippen molar-refractivity contribution in [2.24, 2.45) is 0 Å². The number of nitrogens with zero attached hydrogens (tertiary/aromatic N) is 1. The molecule has 1 atom stereocenters. The largest absolute Gasteiger partial charge is 0.416 e. The maximum Gasteiger partial charge on any atom is 0.416 e. The first-order valence-electron chi connectivity index (χ1n) is 7.90. The molecule has 0 aliphatic rings. The average molecular weight is 400 g/mol. The molecular formula is C18H19F3N2O3S. The molecule has 2 aromatic rings. The smallest absolute Gasteiger partial charge is 0.335 e. The van der Waals surface area contributed by atoms with Crippen LogP contribution in [0.3, 0.4) is 0 Å². The Balaban J connectivity index is 2.20. The van der Waals surface area contributed by atoms with E-state index >= 15 is 0 Å². The summed E-state index contributed by atoms with van der Waals surface area (Å²) in [6.07, 6.45) is -3.42. The summed E-state index contributed by atoms with van der Waals surface area (Å²) in [7, 11) is -1.95. The zero-order chi connectivity index (χ0) is 20.4. The molecule has 1 amide bonds. The van der Waals surface area contributed by atoms with Crippen molar-refractivity contribution in [3.63, 3.8) is 0 Å². The summed E-state index contributed by atoms with van der Waals surface area (Å²) >= 11 is 0. The van der Waals surface area contributed by atoms with Crippen molar-refractivity contribution in [1.82, 2.24) is 4.90 Å². The first-order chi connectivity index (χ1) is 12.4. The number of amides is 1. The van der Waals surface area contributed by atoms with Gasteiger partial charge in [0.05, 0.1) is 17.9 Å². The van der Waals surface area contributed by atoms with Crippen LogP contribution < -0.4 is 4.72 Å². The number of hydrogen-bond donors (Lipinski definition) is 1. The van der Waals surface area contributed by atoms with Crippen LogP contribution in [0.2, 0.25) is 0 Å². The highest BCUT2D eigenvalue weighted by atomic mass is 32.2. The maximum atomic E-state index is 12.7. The van der Waals surface area contributed by atoms with E-state index in [0.29, 0.717) is 5.56 Å². The Kier molecular flexibility index (Phi) is 5.84. The number of rotatable bonds is 5. The molecular weight excluding hydrogens is 381 g/mol. The van der Waals surface area contributed by atoms with Crippen molar-refractivity contribution in [2.45, 2.75) is 19.1 Å². The molecule has 9 heteroatoms. The van der Waals surface area contributed by atoms with E-state index in [4.69, 9.17) is 0 Å². The molecule has 1 N–H and O–H groups in total. The summed E-state index contributed by atoms with van der Waals surface area (Å²) in [5.41, 5.74) is 0.292. The number of halogens is 3. The second-order valence-corrected chi connectivity index (χ2v) is 7.92. The van der Waals surface area contributed by atoms with Crippen molar-refractivity contribution < 1.29 is 26.4 Å². The number of nitrogens with one attached hydrogen (secondary N) is 1. The van der Waals surface area contributed by atoms with Crippen LogP contribution in [0, 0.1) is 0 Å². The van der Waals surface area contributed by atoms with Crippen LogP contribution in [-0.2, 0) is 16.2 Å². The molecule has 0 heterocycles. The van der Waals surface area contributed by atoms with Gasteiger partial charge in [-0.05, 0) is 42.8 Å². The van der Waals surface area contributed by atoms with Crippen LogP contribution in [0.25, 0.3) is 0 Å². The summed E-state index contributed by atoms with van der Waals surface area (Å²) in [5.74, 6) is -0.389. The van der Waals surface area contributed by atoms with E-state index in [1.54, 1.807) is 6.92 Å². The molecule has 2 aromatic carbocycles. The minimum Gasteiger partial charge on any atom is -0.335 e. The van der Waals surface area contributed by atoms with Gasteiger partial charge in [0.15, 0.2) is 0 Å². The van der Waals surface area contributed by atoms with E-state index in [0.717, 1.165) is 18.4 Å². The summed E-state index contributed by atoms with van der Waals surface area (Å²) in [4.78, 5) is 14.0. The predicted octanol–water partition coefficient (Wildman–Crippen LogP) is 3.91. The molecule has 0 fully saturated rings. The lowest BCUT2D eigenvalue weighted by Gasteiger charge is -2.26. The van der Waals surface area contributed by atoms with E-state index in [9.17, 15) is 26.4 Å². The third-order valence-electron chi connectivity index (χ3n) is 4.03. The third kappa shape index (κ3) is 5.46. The van der Waals surface area contributed by atoms with Gasteiger partial charge in [0.2, 0.25) is 10.0 Å². The van der Waals surface area contributed by atoms with Crippen LogP contribution in [0.1, 0.15) is 34.5 Å². The maximum absolute atomic E-state index is 12.7. The molecule has 0 saturated carbocycles. The zero-order valence-corrected chi connectivity index (χ0v) is 15.7. The van der Waals surface area contributed by atoms with Crippen LogP contribution in [-0.4, -0.2) is 32.5 Å². The molecule has 0 aliphatic heterocycles. The molecule has 27 heavy (non-hydrogen) atoms. The summed E-state index contributed by atoms with van der Waals surface area (Å²) in [5, 5.41) is 0. The van der Waals surface area contributed by atoms with Crippen LogP contribution in [0.5, 0.6) is 0 Å². The number of anilines is 1. The highest BCUT2D eigenvalue weighted by Crippen LogP contribution is 2.31. The van der Waals surface area contributed by atoms with Crippen molar-refractivity contribution >= 4 is 21.6 Å². The number of sulfonamides is 1. The van der Waals surface area contributed by atoms with Crippen LogP contribution >= 0.6 is 0 Å². The van der Waals surface area contributed by atoms with Gasteiger partial charge in [-0.15, -0.1) is 0 Å². The van der Waals surface area contributed by atoms with Gasteiger partial charge in [0, 0.05) is 18.3 Å². The zero-order valence-electron chi connectivity index (χ0n) is 14.9. The van der Waals surface area contributed by atoms with E-state index in [1.807, 2.05) is 0 Å². The Hall–Kier alpha value is -2.55. The molecule has 0 aromatic heterocycles. The lowest BCUT2D eigenvalue weighted by molar-refractivity contribution is -0.137. The fourth-order valence-corrected chi connectivity index (χ4v) is 3.04. The number of alkyl halides is 3. The lowest BCUT2D eigenvalue weighted by Crippen LogP contribution is -2.29. The molecule has 0 saturated heterocycles. The first-order valence-corrected chi connectivity index (χ1v) is 9.80. The molecule has 0 aliphatic carbocycles. The van der Waals surface area contributed by atoms with E-state index in [2.05, 4.69) is 4.72 Å². The monoisotopic (exact) mass is 400 g/mol. The second kappa shape index (κ2) is 7.59. The minimum atomic E-state index is -4.42. The van der Waals surface area contributed by atoms with Crippen molar-refractivity contribution in [1.29, 1.82) is 0 Å². The number of hydrogen-bond acceptors (Lipinski definition) is 3.